The number of amides is 1. The summed E-state index contributed by atoms with van der Waals surface area (Å²) in [5.74, 6) is 1.53. The minimum atomic E-state index is -0.0556. The van der Waals surface area contributed by atoms with Crippen LogP contribution in [-0.2, 0) is 24.3 Å². The molecule has 0 unspecified atom stereocenters. The number of fused-ring (bicyclic) bond motifs is 1. The largest absolute Gasteiger partial charge is 0.377 e. The van der Waals surface area contributed by atoms with Gasteiger partial charge in [-0.15, -0.1) is 21.5 Å². The lowest BCUT2D eigenvalue weighted by Crippen LogP contribution is -2.41. The minimum Gasteiger partial charge on any atom is -0.377 e. The molecule has 4 rings (SSSR count). The lowest BCUT2D eigenvalue weighted by molar-refractivity contribution is 0.0669. The Morgan fingerprint density at radius 1 is 1.30 bits per heavy atom. The summed E-state index contributed by atoms with van der Waals surface area (Å²) in [4.78, 5) is 19.3. The molecule has 1 aliphatic heterocycles. The zero-order valence-corrected chi connectivity index (χ0v) is 16.1. The molecule has 3 heterocycles. The Bertz CT molecular complexity index is 937. The Balaban J connectivity index is 1.49. The summed E-state index contributed by atoms with van der Waals surface area (Å²) in [6.45, 7) is 3.52. The molecule has 1 aromatic carbocycles. The van der Waals surface area contributed by atoms with E-state index in [1.54, 1.807) is 12.0 Å². The fourth-order valence-corrected chi connectivity index (χ4v) is 4.22. The summed E-state index contributed by atoms with van der Waals surface area (Å²) in [6, 6.07) is 10.3. The first kappa shape index (κ1) is 17.8. The van der Waals surface area contributed by atoms with E-state index in [4.69, 9.17) is 4.74 Å². The topological polar surface area (TPSA) is 73.1 Å². The molecule has 3 aromatic rings. The fourth-order valence-electron chi connectivity index (χ4n) is 3.42. The highest BCUT2D eigenvalue weighted by Crippen LogP contribution is 2.24. The van der Waals surface area contributed by atoms with E-state index in [1.165, 1.54) is 16.9 Å². The van der Waals surface area contributed by atoms with Crippen LogP contribution in [0, 0.1) is 0 Å². The van der Waals surface area contributed by atoms with Gasteiger partial charge in [0.05, 0.1) is 17.6 Å². The number of aromatic nitrogens is 4. The Morgan fingerprint density at radius 2 is 2.11 bits per heavy atom. The number of ether oxygens (including phenoxy) is 1. The molecule has 7 nitrogen and oxygen atoms in total. The van der Waals surface area contributed by atoms with Crippen LogP contribution in [0.25, 0.3) is 0 Å². The van der Waals surface area contributed by atoms with Crippen LogP contribution in [0.15, 0.2) is 35.7 Å². The van der Waals surface area contributed by atoms with E-state index in [0.717, 1.165) is 23.1 Å². The molecule has 8 heteroatoms. The van der Waals surface area contributed by atoms with Gasteiger partial charge in [0.25, 0.3) is 5.91 Å². The van der Waals surface area contributed by atoms with Crippen LogP contribution in [0.2, 0.25) is 0 Å². The molecule has 0 fully saturated rings. The Kier molecular flexibility index (Phi) is 5.00. The first-order chi connectivity index (χ1) is 13.2. The number of benzene rings is 1. The lowest BCUT2D eigenvalue weighted by Gasteiger charge is -2.32. The molecule has 0 radical (unpaired) electrons. The van der Waals surface area contributed by atoms with Crippen LogP contribution in [-0.4, -0.2) is 44.2 Å². The first-order valence-electron chi connectivity index (χ1n) is 8.85. The molecule has 1 atom stereocenters. The number of thiazole rings is 1. The van der Waals surface area contributed by atoms with E-state index < -0.39 is 0 Å². The maximum atomic E-state index is 12.9. The van der Waals surface area contributed by atoms with E-state index >= 15 is 0 Å². The van der Waals surface area contributed by atoms with Crippen LogP contribution in [0.1, 0.15) is 45.7 Å². The van der Waals surface area contributed by atoms with Crippen molar-refractivity contribution < 1.29 is 9.53 Å². The summed E-state index contributed by atoms with van der Waals surface area (Å²) in [5, 5.41) is 11.2. The fraction of sp³-hybridized carbons (Fsp3) is 0.368. The van der Waals surface area contributed by atoms with E-state index in [9.17, 15) is 4.79 Å². The van der Waals surface area contributed by atoms with Crippen molar-refractivity contribution in [3.8, 4) is 0 Å². The molecule has 0 N–H and O–H groups in total. The molecule has 0 saturated heterocycles. The van der Waals surface area contributed by atoms with Crippen molar-refractivity contribution in [2.75, 3.05) is 13.7 Å². The molecule has 0 bridgehead atoms. The maximum absolute atomic E-state index is 12.9. The Morgan fingerprint density at radius 3 is 2.89 bits per heavy atom. The van der Waals surface area contributed by atoms with Crippen LogP contribution in [0.4, 0.5) is 0 Å². The van der Waals surface area contributed by atoms with Gasteiger partial charge in [-0.25, -0.2) is 4.98 Å². The number of nitrogens with zero attached hydrogens (tertiary/aromatic N) is 5. The number of rotatable bonds is 5. The third kappa shape index (κ3) is 3.63. The highest BCUT2D eigenvalue weighted by molar-refractivity contribution is 7.09. The standard InChI is InChI=1S/C19H21N5O2S/c1-13-9-23(10-16-21-22-17(11-26-2)24(13)16)19(25)15-12-27-18(20-15)8-14-6-4-3-5-7-14/h3-7,12-13H,8-11H2,1-2H3/t13-/m0/s1. The van der Waals surface area contributed by atoms with Gasteiger partial charge < -0.3 is 14.2 Å². The van der Waals surface area contributed by atoms with Crippen molar-refractivity contribution in [3.05, 3.63) is 63.6 Å². The molecule has 0 aliphatic carbocycles. The third-order valence-corrected chi connectivity index (χ3v) is 5.47. The van der Waals surface area contributed by atoms with Gasteiger partial charge in [-0.05, 0) is 12.5 Å². The molecule has 1 amide bonds. The normalized spacial score (nSPS) is 16.4. The molecule has 2 aromatic heterocycles. The van der Waals surface area contributed by atoms with Gasteiger partial charge in [0.1, 0.15) is 12.3 Å². The number of hydrogen-bond acceptors (Lipinski definition) is 6. The second-order valence-corrected chi connectivity index (χ2v) is 7.60. The smallest absolute Gasteiger partial charge is 0.273 e. The predicted octanol–water partition coefficient (Wildman–Crippen LogP) is 2.69. The predicted molar refractivity (Wildman–Crippen MR) is 102 cm³/mol. The molecule has 1 aliphatic rings. The van der Waals surface area contributed by atoms with Crippen molar-refractivity contribution in [1.29, 1.82) is 0 Å². The van der Waals surface area contributed by atoms with Crippen molar-refractivity contribution in [2.45, 2.75) is 32.5 Å². The summed E-state index contributed by atoms with van der Waals surface area (Å²) in [7, 11) is 1.64. The average Bonchev–Trinajstić information content (AvgIpc) is 3.30. The van der Waals surface area contributed by atoms with Crippen molar-refractivity contribution in [3.63, 3.8) is 0 Å². The molecule has 0 saturated carbocycles. The zero-order valence-electron chi connectivity index (χ0n) is 15.3. The second-order valence-electron chi connectivity index (χ2n) is 6.66. The highest BCUT2D eigenvalue weighted by atomic mass is 32.1. The monoisotopic (exact) mass is 383 g/mol. The van der Waals surface area contributed by atoms with E-state index in [0.29, 0.717) is 25.4 Å². The summed E-state index contributed by atoms with van der Waals surface area (Å²) >= 11 is 1.53. The molecular weight excluding hydrogens is 362 g/mol. The van der Waals surface area contributed by atoms with Crippen LogP contribution in [0.3, 0.4) is 0 Å². The van der Waals surface area contributed by atoms with Crippen LogP contribution < -0.4 is 0 Å². The molecule has 27 heavy (non-hydrogen) atoms. The third-order valence-electron chi connectivity index (χ3n) is 4.62. The van der Waals surface area contributed by atoms with Crippen LogP contribution >= 0.6 is 11.3 Å². The molecule has 0 spiro atoms. The van der Waals surface area contributed by atoms with E-state index in [2.05, 4.69) is 38.8 Å². The van der Waals surface area contributed by atoms with Crippen molar-refractivity contribution in [1.82, 2.24) is 24.6 Å². The lowest BCUT2D eigenvalue weighted by atomic mass is 10.2. The number of methoxy groups -OCH3 is 1. The summed E-state index contributed by atoms with van der Waals surface area (Å²) < 4.78 is 7.25. The van der Waals surface area contributed by atoms with Gasteiger partial charge in [0.15, 0.2) is 11.6 Å². The van der Waals surface area contributed by atoms with Gasteiger partial charge >= 0.3 is 0 Å². The quantitative estimate of drug-likeness (QED) is 0.677. The van der Waals surface area contributed by atoms with E-state index in [1.807, 2.05) is 23.6 Å². The Labute approximate surface area is 161 Å². The maximum Gasteiger partial charge on any atom is 0.273 e. The molecule has 140 valence electrons. The Hall–Kier alpha value is -2.58. The van der Waals surface area contributed by atoms with Gasteiger partial charge in [-0.3, -0.25) is 4.79 Å². The zero-order chi connectivity index (χ0) is 18.8. The summed E-state index contributed by atoms with van der Waals surface area (Å²) in [6.07, 6.45) is 0.740. The summed E-state index contributed by atoms with van der Waals surface area (Å²) in [5.41, 5.74) is 1.69. The van der Waals surface area contributed by atoms with E-state index in [-0.39, 0.29) is 11.9 Å². The van der Waals surface area contributed by atoms with Gasteiger partial charge in [-0.2, -0.15) is 0 Å². The number of carbonyl (C=O) groups is 1. The highest BCUT2D eigenvalue weighted by Gasteiger charge is 2.30. The average molecular weight is 383 g/mol. The number of hydrogen-bond donors (Lipinski definition) is 0. The second kappa shape index (κ2) is 7.58. The van der Waals surface area contributed by atoms with Crippen molar-refractivity contribution in [2.24, 2.45) is 0 Å². The molecular formula is C19H21N5O2S. The van der Waals surface area contributed by atoms with Gasteiger partial charge in [0, 0.05) is 25.5 Å². The van der Waals surface area contributed by atoms with Gasteiger partial charge in [-0.1, -0.05) is 30.3 Å². The minimum absolute atomic E-state index is 0.0556. The number of carbonyl (C=O) groups excluding carboxylic acids is 1. The SMILES string of the molecule is COCc1nnc2n1[C@@H](C)CN(C(=O)c1csc(Cc3ccccc3)n1)C2. The van der Waals surface area contributed by atoms with Crippen molar-refractivity contribution >= 4 is 17.2 Å². The first-order valence-corrected chi connectivity index (χ1v) is 9.73. The van der Waals surface area contributed by atoms with Gasteiger partial charge in [0.2, 0.25) is 0 Å². The van der Waals surface area contributed by atoms with Crippen LogP contribution in [0.5, 0.6) is 0 Å².